The normalized spacial score (nSPS) is 17.5. The average molecular weight is 406 g/mol. The molecule has 0 radical (unpaired) electrons. The molecule has 1 aliphatic rings. The smallest absolute Gasteiger partial charge is 0.156 e. The molecular formula is C23H23FN4O2. The number of fused-ring (bicyclic) bond motifs is 1. The van der Waals surface area contributed by atoms with Crippen LogP contribution in [-0.4, -0.2) is 39.7 Å². The molecule has 0 amide bonds. The van der Waals surface area contributed by atoms with Gasteiger partial charge in [-0.3, -0.25) is 4.90 Å². The van der Waals surface area contributed by atoms with Crippen LogP contribution in [0.25, 0.3) is 16.8 Å². The number of hydrogen-bond donors (Lipinski definition) is 0. The minimum absolute atomic E-state index is 0.290. The number of methoxy groups -OCH3 is 1. The van der Waals surface area contributed by atoms with Crippen molar-refractivity contribution in [1.82, 2.24) is 19.5 Å². The standard InChI is InChI=1S/C23H23FN4O2/c1-29-21-6-5-19(24)11-20(21)17-4-7-22-25-23(26-28(22)14-17)18-3-2-9-27(13-18)12-16-8-10-30-15-16/h4-8,10-11,14-15,18H,2-3,9,12-13H2,1H3/t18-/m0/s1. The van der Waals surface area contributed by atoms with Crippen molar-refractivity contribution in [2.75, 3.05) is 20.2 Å². The highest BCUT2D eigenvalue weighted by molar-refractivity contribution is 5.71. The first kappa shape index (κ1) is 18.8. The van der Waals surface area contributed by atoms with Crippen LogP contribution in [0.4, 0.5) is 4.39 Å². The summed E-state index contributed by atoms with van der Waals surface area (Å²) in [6, 6.07) is 10.4. The summed E-state index contributed by atoms with van der Waals surface area (Å²) >= 11 is 0. The van der Waals surface area contributed by atoms with Crippen LogP contribution in [0, 0.1) is 5.82 Å². The zero-order valence-corrected chi connectivity index (χ0v) is 16.8. The molecule has 154 valence electrons. The summed E-state index contributed by atoms with van der Waals surface area (Å²) in [5.74, 6) is 1.47. The molecule has 1 aliphatic heterocycles. The summed E-state index contributed by atoms with van der Waals surface area (Å²) in [5, 5.41) is 4.76. The number of aromatic nitrogens is 3. The lowest BCUT2D eigenvalue weighted by Crippen LogP contribution is -2.34. The van der Waals surface area contributed by atoms with E-state index in [9.17, 15) is 4.39 Å². The zero-order chi connectivity index (χ0) is 20.5. The van der Waals surface area contributed by atoms with Crippen LogP contribution in [0.2, 0.25) is 0 Å². The first-order valence-electron chi connectivity index (χ1n) is 10.1. The van der Waals surface area contributed by atoms with E-state index < -0.39 is 0 Å². The van der Waals surface area contributed by atoms with Crippen molar-refractivity contribution in [3.63, 3.8) is 0 Å². The van der Waals surface area contributed by atoms with Crippen molar-refractivity contribution in [2.45, 2.75) is 25.3 Å². The second kappa shape index (κ2) is 7.91. The monoisotopic (exact) mass is 406 g/mol. The van der Waals surface area contributed by atoms with E-state index in [1.165, 1.54) is 17.7 Å². The Bertz CT molecular complexity index is 1160. The van der Waals surface area contributed by atoms with Gasteiger partial charge in [0.15, 0.2) is 11.5 Å². The van der Waals surface area contributed by atoms with Gasteiger partial charge in [0.05, 0.1) is 19.6 Å². The zero-order valence-electron chi connectivity index (χ0n) is 16.8. The third kappa shape index (κ3) is 3.68. The Morgan fingerprint density at radius 2 is 2.17 bits per heavy atom. The van der Waals surface area contributed by atoms with Gasteiger partial charge in [-0.05, 0) is 55.8 Å². The number of benzene rings is 1. The number of likely N-dealkylation sites (tertiary alicyclic amines) is 1. The molecule has 1 fully saturated rings. The van der Waals surface area contributed by atoms with Gasteiger partial charge >= 0.3 is 0 Å². The van der Waals surface area contributed by atoms with Crippen molar-refractivity contribution >= 4 is 5.65 Å². The van der Waals surface area contributed by atoms with Crippen LogP contribution in [0.1, 0.15) is 30.1 Å². The summed E-state index contributed by atoms with van der Waals surface area (Å²) in [4.78, 5) is 7.19. The summed E-state index contributed by atoms with van der Waals surface area (Å²) in [7, 11) is 1.58. The molecule has 1 aromatic carbocycles. The highest BCUT2D eigenvalue weighted by Crippen LogP contribution is 2.31. The minimum Gasteiger partial charge on any atom is -0.496 e. The summed E-state index contributed by atoms with van der Waals surface area (Å²) in [6.45, 7) is 2.87. The third-order valence-electron chi connectivity index (χ3n) is 5.68. The van der Waals surface area contributed by atoms with Crippen molar-refractivity contribution in [3.8, 4) is 16.9 Å². The lowest BCUT2D eigenvalue weighted by Gasteiger charge is -2.30. The minimum atomic E-state index is -0.301. The van der Waals surface area contributed by atoms with Crippen LogP contribution in [-0.2, 0) is 6.54 Å². The van der Waals surface area contributed by atoms with E-state index in [0.29, 0.717) is 11.3 Å². The fraction of sp³-hybridized carbons (Fsp3) is 0.304. The number of hydrogen-bond acceptors (Lipinski definition) is 5. The van der Waals surface area contributed by atoms with E-state index in [-0.39, 0.29) is 11.7 Å². The fourth-order valence-corrected chi connectivity index (χ4v) is 4.19. The maximum Gasteiger partial charge on any atom is 0.156 e. The third-order valence-corrected chi connectivity index (χ3v) is 5.68. The van der Waals surface area contributed by atoms with E-state index in [0.717, 1.165) is 49.5 Å². The molecule has 30 heavy (non-hydrogen) atoms. The lowest BCUT2D eigenvalue weighted by atomic mass is 9.97. The first-order valence-corrected chi connectivity index (χ1v) is 10.1. The summed E-state index contributed by atoms with van der Waals surface area (Å²) in [6.07, 6.45) is 7.59. The van der Waals surface area contributed by atoms with Crippen LogP contribution >= 0.6 is 0 Å². The lowest BCUT2D eigenvalue weighted by molar-refractivity contribution is 0.196. The Morgan fingerprint density at radius 1 is 1.23 bits per heavy atom. The van der Waals surface area contributed by atoms with E-state index in [1.807, 2.05) is 24.4 Å². The maximum atomic E-state index is 13.8. The van der Waals surface area contributed by atoms with E-state index in [1.54, 1.807) is 30.2 Å². The highest BCUT2D eigenvalue weighted by atomic mass is 19.1. The van der Waals surface area contributed by atoms with Crippen LogP contribution in [0.15, 0.2) is 59.5 Å². The molecule has 1 saturated heterocycles. The Kier molecular flexibility index (Phi) is 4.96. The van der Waals surface area contributed by atoms with Gasteiger partial charge in [-0.2, -0.15) is 5.10 Å². The number of halogens is 1. The predicted octanol–water partition coefficient (Wildman–Crippen LogP) is 4.52. The van der Waals surface area contributed by atoms with E-state index in [4.69, 9.17) is 19.2 Å². The second-order valence-electron chi connectivity index (χ2n) is 7.74. The number of furan rings is 1. The molecule has 1 atom stereocenters. The second-order valence-corrected chi connectivity index (χ2v) is 7.74. The molecule has 4 heterocycles. The summed E-state index contributed by atoms with van der Waals surface area (Å²) < 4.78 is 26.2. The SMILES string of the molecule is COc1ccc(F)cc1-c1ccc2nc([C@H]3CCCN(Cc4ccoc4)C3)nn2c1. The van der Waals surface area contributed by atoms with Crippen molar-refractivity contribution in [1.29, 1.82) is 0 Å². The molecule has 0 saturated carbocycles. The van der Waals surface area contributed by atoms with Crippen LogP contribution in [0.5, 0.6) is 5.75 Å². The van der Waals surface area contributed by atoms with Gasteiger partial charge in [0, 0.05) is 41.9 Å². The van der Waals surface area contributed by atoms with E-state index >= 15 is 0 Å². The molecular weight excluding hydrogens is 383 g/mol. The highest BCUT2D eigenvalue weighted by Gasteiger charge is 2.25. The molecule has 0 spiro atoms. The van der Waals surface area contributed by atoms with Gasteiger partial charge in [0.1, 0.15) is 11.6 Å². The Morgan fingerprint density at radius 3 is 3.00 bits per heavy atom. The first-order chi connectivity index (χ1) is 14.7. The van der Waals surface area contributed by atoms with Gasteiger partial charge in [0.2, 0.25) is 0 Å². The number of piperidine rings is 1. The number of pyridine rings is 1. The summed E-state index contributed by atoms with van der Waals surface area (Å²) in [5.41, 5.74) is 3.50. The maximum absolute atomic E-state index is 13.8. The topological polar surface area (TPSA) is 55.8 Å². The Labute approximate surface area is 173 Å². The quantitative estimate of drug-likeness (QED) is 0.488. The van der Waals surface area contributed by atoms with Gasteiger partial charge in [-0.1, -0.05) is 0 Å². The largest absolute Gasteiger partial charge is 0.496 e. The molecule has 0 bridgehead atoms. The van der Waals surface area contributed by atoms with Crippen molar-refractivity contribution < 1.29 is 13.5 Å². The number of ether oxygens (including phenoxy) is 1. The van der Waals surface area contributed by atoms with Crippen LogP contribution < -0.4 is 4.74 Å². The molecule has 7 heteroatoms. The molecule has 6 nitrogen and oxygen atoms in total. The number of rotatable bonds is 5. The van der Waals surface area contributed by atoms with Gasteiger partial charge in [0.25, 0.3) is 0 Å². The van der Waals surface area contributed by atoms with Crippen molar-refractivity contribution in [3.05, 3.63) is 72.3 Å². The van der Waals surface area contributed by atoms with Gasteiger partial charge in [-0.15, -0.1) is 0 Å². The van der Waals surface area contributed by atoms with Gasteiger partial charge in [-0.25, -0.2) is 13.9 Å². The van der Waals surface area contributed by atoms with Gasteiger partial charge < -0.3 is 9.15 Å². The Hall–Kier alpha value is -3.19. The Balaban J connectivity index is 1.41. The molecule has 0 unspecified atom stereocenters. The predicted molar refractivity (Wildman–Crippen MR) is 111 cm³/mol. The average Bonchev–Trinajstić information content (AvgIpc) is 3.43. The number of nitrogens with zero attached hydrogens (tertiary/aromatic N) is 4. The van der Waals surface area contributed by atoms with Crippen molar-refractivity contribution in [2.24, 2.45) is 0 Å². The fourth-order valence-electron chi connectivity index (χ4n) is 4.19. The van der Waals surface area contributed by atoms with E-state index in [2.05, 4.69) is 4.90 Å². The van der Waals surface area contributed by atoms with Crippen LogP contribution in [0.3, 0.4) is 0 Å². The molecule has 4 aromatic rings. The molecule has 0 aliphatic carbocycles. The molecule has 3 aromatic heterocycles. The molecule has 0 N–H and O–H groups in total. The molecule has 5 rings (SSSR count).